The molecule has 2 aromatic heterocycles. The molecule has 37 heavy (non-hydrogen) atoms. The van der Waals surface area contributed by atoms with E-state index in [0.29, 0.717) is 30.1 Å². The van der Waals surface area contributed by atoms with Crippen LogP contribution in [0.4, 0.5) is 4.39 Å². The second-order valence-electron chi connectivity index (χ2n) is 10.1. The fourth-order valence-corrected chi connectivity index (χ4v) is 6.39. The van der Waals surface area contributed by atoms with Crippen LogP contribution in [0.1, 0.15) is 50.3 Å². The molecule has 0 aliphatic carbocycles. The Labute approximate surface area is 223 Å². The van der Waals surface area contributed by atoms with Gasteiger partial charge in [0.25, 0.3) is 0 Å². The molecule has 1 fully saturated rings. The summed E-state index contributed by atoms with van der Waals surface area (Å²) in [4.78, 5) is 19.5. The number of fused-ring (bicyclic) bond motifs is 1. The number of carboxylic acids is 1. The van der Waals surface area contributed by atoms with Crippen molar-refractivity contribution < 1.29 is 19.0 Å². The second kappa shape index (κ2) is 13.3. The monoisotopic (exact) mass is 527 g/mol. The predicted molar refractivity (Wildman–Crippen MR) is 147 cm³/mol. The molecule has 3 heterocycles. The molecular weight excluding hydrogens is 489 g/mol. The van der Waals surface area contributed by atoms with Crippen LogP contribution in [0.5, 0.6) is 5.75 Å². The third kappa shape index (κ3) is 7.71. The van der Waals surface area contributed by atoms with E-state index in [0.717, 1.165) is 55.6 Å². The van der Waals surface area contributed by atoms with E-state index >= 15 is 4.39 Å². The lowest BCUT2D eigenvalue weighted by molar-refractivity contribution is -0.137. The number of hydrogen-bond acceptors (Lipinski definition) is 5. The van der Waals surface area contributed by atoms with Crippen molar-refractivity contribution in [3.05, 3.63) is 54.5 Å². The number of rotatable bonds is 13. The lowest BCUT2D eigenvalue weighted by Crippen LogP contribution is -2.41. The molecule has 0 saturated carbocycles. The third-order valence-corrected chi connectivity index (χ3v) is 8.58. The number of carboxylic acid groups (broad SMARTS) is 1. The number of hydrogen-bond donors (Lipinski definition) is 1. The van der Waals surface area contributed by atoms with Gasteiger partial charge < -0.3 is 19.3 Å². The van der Waals surface area contributed by atoms with Gasteiger partial charge in [-0.25, -0.2) is 4.39 Å². The average Bonchev–Trinajstić information content (AvgIpc) is 3.33. The molecule has 200 valence electrons. The summed E-state index contributed by atoms with van der Waals surface area (Å²) >= 11 is 1.88. The molecule has 3 aromatic rings. The number of likely N-dealkylation sites (tertiary alicyclic amines) is 1. The first-order valence-electron chi connectivity index (χ1n) is 13.2. The van der Waals surface area contributed by atoms with E-state index in [9.17, 15) is 9.90 Å². The van der Waals surface area contributed by atoms with Crippen molar-refractivity contribution in [2.45, 2.75) is 49.6 Å². The van der Waals surface area contributed by atoms with E-state index < -0.39 is 12.1 Å². The van der Waals surface area contributed by atoms with E-state index in [4.69, 9.17) is 4.74 Å². The molecule has 8 heteroatoms. The van der Waals surface area contributed by atoms with Gasteiger partial charge in [-0.1, -0.05) is 0 Å². The molecule has 1 aromatic carbocycles. The van der Waals surface area contributed by atoms with Crippen molar-refractivity contribution in [2.24, 2.45) is 18.9 Å². The maximum Gasteiger partial charge on any atom is 0.303 e. The van der Waals surface area contributed by atoms with Gasteiger partial charge in [0.1, 0.15) is 11.9 Å². The maximum absolute atomic E-state index is 15.5. The summed E-state index contributed by atoms with van der Waals surface area (Å²) in [5.74, 6) is 1.63. The summed E-state index contributed by atoms with van der Waals surface area (Å²) < 4.78 is 22.9. The number of thioether (sulfide) groups is 1. The predicted octanol–water partition coefficient (Wildman–Crippen LogP) is 6.36. The first-order chi connectivity index (χ1) is 17.9. The Morgan fingerprint density at radius 3 is 2.89 bits per heavy atom. The Hall–Kier alpha value is -2.58. The van der Waals surface area contributed by atoms with Crippen LogP contribution in [0.25, 0.3) is 10.9 Å². The highest BCUT2D eigenvalue weighted by Gasteiger charge is 2.30. The van der Waals surface area contributed by atoms with Crippen LogP contribution in [-0.2, 0) is 11.8 Å². The summed E-state index contributed by atoms with van der Waals surface area (Å²) in [6.45, 7) is 2.92. The zero-order valence-electron chi connectivity index (χ0n) is 21.8. The van der Waals surface area contributed by atoms with Crippen LogP contribution >= 0.6 is 11.8 Å². The van der Waals surface area contributed by atoms with Crippen molar-refractivity contribution in [3.63, 3.8) is 0 Å². The molecule has 1 N–H and O–H groups in total. The second-order valence-corrected chi connectivity index (χ2v) is 11.3. The fraction of sp³-hybridized carbons (Fsp3) is 0.517. The Bertz CT molecular complexity index is 1170. The molecule has 0 amide bonds. The number of pyridine rings is 1. The first-order valence-corrected chi connectivity index (χ1v) is 14.2. The first kappa shape index (κ1) is 27.5. The van der Waals surface area contributed by atoms with Gasteiger partial charge >= 0.3 is 5.97 Å². The van der Waals surface area contributed by atoms with E-state index in [1.54, 1.807) is 19.4 Å². The molecule has 1 aliphatic heterocycles. The molecular formula is C29H38FN3O3S. The van der Waals surface area contributed by atoms with Crippen LogP contribution < -0.4 is 4.74 Å². The van der Waals surface area contributed by atoms with Gasteiger partial charge in [0, 0.05) is 48.9 Å². The van der Waals surface area contributed by atoms with Gasteiger partial charge in [-0.15, -0.1) is 11.8 Å². The SMILES string of the molecule is COc1ccc2nccc(C(F)CC[C@@H]3CCN(CCCSc4ccn(C)c4)C[C@@H]3CCC(=O)O)c2c1. The number of nitrogens with zero attached hydrogens (tertiary/aromatic N) is 3. The van der Waals surface area contributed by atoms with Crippen LogP contribution in [0, 0.1) is 11.8 Å². The van der Waals surface area contributed by atoms with E-state index in [1.807, 2.05) is 37.0 Å². The Kier molecular flexibility index (Phi) is 9.86. The molecule has 0 radical (unpaired) electrons. The van der Waals surface area contributed by atoms with E-state index in [-0.39, 0.29) is 12.3 Å². The number of aromatic nitrogens is 2. The summed E-state index contributed by atoms with van der Waals surface area (Å²) in [6.07, 6.45) is 8.89. The fourth-order valence-electron chi connectivity index (χ4n) is 5.48. The molecule has 1 saturated heterocycles. The maximum atomic E-state index is 15.5. The third-order valence-electron chi connectivity index (χ3n) is 7.51. The van der Waals surface area contributed by atoms with Crippen molar-refractivity contribution >= 4 is 28.6 Å². The number of halogens is 1. The van der Waals surface area contributed by atoms with Gasteiger partial charge in [-0.2, -0.15) is 0 Å². The summed E-state index contributed by atoms with van der Waals surface area (Å²) in [5, 5.41) is 10.1. The largest absolute Gasteiger partial charge is 0.497 e. The number of methoxy groups -OCH3 is 1. The number of aliphatic carboxylic acids is 1. The van der Waals surface area contributed by atoms with Gasteiger partial charge in [-0.3, -0.25) is 9.78 Å². The average molecular weight is 528 g/mol. The molecule has 3 atom stereocenters. The van der Waals surface area contributed by atoms with E-state index in [2.05, 4.69) is 32.9 Å². The summed E-state index contributed by atoms with van der Waals surface area (Å²) in [7, 11) is 3.64. The zero-order chi connectivity index (χ0) is 26.2. The molecule has 1 aliphatic rings. The topological polar surface area (TPSA) is 67.6 Å². The number of aryl methyl sites for hydroxylation is 1. The van der Waals surface area contributed by atoms with Gasteiger partial charge in [-0.05, 0) is 98.7 Å². The molecule has 6 nitrogen and oxygen atoms in total. The smallest absolute Gasteiger partial charge is 0.303 e. The summed E-state index contributed by atoms with van der Waals surface area (Å²) in [5.41, 5.74) is 1.42. The number of ether oxygens (including phenoxy) is 1. The number of piperidine rings is 1. The van der Waals surface area contributed by atoms with E-state index in [1.165, 1.54) is 4.90 Å². The van der Waals surface area contributed by atoms with Gasteiger partial charge in [0.05, 0.1) is 12.6 Å². The lowest BCUT2D eigenvalue weighted by atomic mass is 9.79. The highest BCUT2D eigenvalue weighted by Crippen LogP contribution is 2.36. The molecule has 4 rings (SSSR count). The minimum Gasteiger partial charge on any atom is -0.497 e. The number of benzene rings is 1. The van der Waals surface area contributed by atoms with Crippen LogP contribution in [0.15, 0.2) is 53.8 Å². The van der Waals surface area contributed by atoms with Crippen LogP contribution in [-0.4, -0.2) is 58.0 Å². The quantitative estimate of drug-likeness (QED) is 0.206. The van der Waals surface area contributed by atoms with Gasteiger partial charge in [0.2, 0.25) is 0 Å². The van der Waals surface area contributed by atoms with Crippen molar-refractivity contribution in [3.8, 4) is 5.75 Å². The Morgan fingerprint density at radius 1 is 1.27 bits per heavy atom. The zero-order valence-corrected chi connectivity index (χ0v) is 22.6. The van der Waals surface area contributed by atoms with Crippen LogP contribution in [0.2, 0.25) is 0 Å². The number of carbonyl (C=O) groups is 1. The standard InChI is InChI=1S/C29H38FN3O3S/c1-32-15-12-24(20-32)37-17-3-14-33-16-11-21(22(19-33)5-9-29(34)35)4-7-27(30)25-10-13-31-28-8-6-23(36-2)18-26(25)28/h6,8,10,12-13,15,18,20-22,27H,3-5,7,9,11,14,16-17,19H2,1-2H3,(H,34,35)/t21-,22+,27?/m1/s1. The Balaban J connectivity index is 1.32. The van der Waals surface area contributed by atoms with Crippen LogP contribution in [0.3, 0.4) is 0 Å². The highest BCUT2D eigenvalue weighted by molar-refractivity contribution is 7.99. The summed E-state index contributed by atoms with van der Waals surface area (Å²) in [6, 6.07) is 9.47. The Morgan fingerprint density at radius 2 is 2.14 bits per heavy atom. The minimum atomic E-state index is -1.09. The minimum absolute atomic E-state index is 0.173. The van der Waals surface area contributed by atoms with Crippen molar-refractivity contribution in [1.82, 2.24) is 14.5 Å². The molecule has 1 unspecified atom stereocenters. The highest BCUT2D eigenvalue weighted by atomic mass is 32.2. The lowest BCUT2D eigenvalue weighted by Gasteiger charge is -2.39. The number of alkyl halides is 1. The molecule has 0 spiro atoms. The normalized spacial score (nSPS) is 19.2. The van der Waals surface area contributed by atoms with Crippen molar-refractivity contribution in [1.29, 1.82) is 0 Å². The van der Waals surface area contributed by atoms with Gasteiger partial charge in [0.15, 0.2) is 0 Å². The molecule has 0 bridgehead atoms. The van der Waals surface area contributed by atoms with Crippen molar-refractivity contribution in [2.75, 3.05) is 32.5 Å².